The Bertz CT molecular complexity index is 1530. The Labute approximate surface area is 321 Å². The average Bonchev–Trinajstić information content (AvgIpc) is 3.49. The van der Waals surface area contributed by atoms with Crippen molar-refractivity contribution in [3.63, 3.8) is 0 Å². The maximum atomic E-state index is 12.1. The lowest BCUT2D eigenvalue weighted by atomic mass is 9.71. The Kier molecular flexibility index (Phi) is 17.1. The highest BCUT2D eigenvalue weighted by molar-refractivity contribution is 8.03. The number of phenolic OH excluding ortho intramolecular Hbond substituents is 1. The molecule has 1 nitrogen and oxygen atoms in total. The first kappa shape index (κ1) is 40.8. The highest BCUT2D eigenvalue weighted by Gasteiger charge is 2.34. The summed E-state index contributed by atoms with van der Waals surface area (Å²) in [7, 11) is 3.53. The average molecular weight is 747 g/mol. The fraction of sp³-hybridized carbons (Fsp3) is 0.533. The van der Waals surface area contributed by atoms with Crippen LogP contribution in [0.5, 0.6) is 5.75 Å². The van der Waals surface area contributed by atoms with E-state index in [1.54, 1.807) is 10.3 Å². The summed E-state index contributed by atoms with van der Waals surface area (Å²) in [6.07, 6.45) is 22.3. The standard InChI is InChI=1S/C45H62OS4/c1-6-7-8-9-10-11-12-13-14-15-16-17-18-19-20-27-32-48-43-40(42(47)49-50-43)35-33-38(44(2,3)36-28-23-21-24-29-36)41(46)39(34-35)45(4,5)37-30-25-22-26-31-37/h21-26,28-31,33-34,46H,6-20,27,32H2,1-5H3. The predicted octanol–water partition coefficient (Wildman–Crippen LogP) is 15.9. The molecule has 5 heteroatoms. The van der Waals surface area contributed by atoms with Gasteiger partial charge in [0.1, 0.15) is 9.57 Å². The van der Waals surface area contributed by atoms with E-state index in [9.17, 15) is 5.11 Å². The van der Waals surface area contributed by atoms with Crippen LogP contribution in [0.25, 0.3) is 11.1 Å². The van der Waals surface area contributed by atoms with Gasteiger partial charge in [-0.25, -0.2) is 0 Å². The molecule has 0 atom stereocenters. The van der Waals surface area contributed by atoms with E-state index in [1.807, 2.05) is 22.1 Å². The van der Waals surface area contributed by atoms with Gasteiger partial charge in [0, 0.05) is 27.5 Å². The van der Waals surface area contributed by atoms with Gasteiger partial charge in [-0.3, -0.25) is 0 Å². The number of hydrogen-bond acceptors (Lipinski definition) is 5. The Morgan fingerprint density at radius 3 is 1.40 bits per heavy atom. The van der Waals surface area contributed by atoms with E-state index in [1.165, 1.54) is 124 Å². The van der Waals surface area contributed by atoms with Crippen LogP contribution in [0.1, 0.15) is 160 Å². The van der Waals surface area contributed by atoms with Gasteiger partial charge in [-0.2, -0.15) is 0 Å². The van der Waals surface area contributed by atoms with Gasteiger partial charge >= 0.3 is 0 Å². The van der Waals surface area contributed by atoms with Crippen LogP contribution in [0.15, 0.2) is 77.0 Å². The van der Waals surface area contributed by atoms with Crippen LogP contribution in [0.4, 0.5) is 0 Å². The van der Waals surface area contributed by atoms with E-state index < -0.39 is 10.8 Å². The van der Waals surface area contributed by atoms with Crippen molar-refractivity contribution < 1.29 is 5.11 Å². The maximum Gasteiger partial charge on any atom is 0.123 e. The zero-order valence-corrected chi connectivity index (χ0v) is 34.8. The second-order valence-electron chi connectivity index (χ2n) is 15.2. The summed E-state index contributed by atoms with van der Waals surface area (Å²) < 4.78 is 2.26. The molecule has 4 rings (SSSR count). The van der Waals surface area contributed by atoms with Crippen molar-refractivity contribution >= 4 is 44.7 Å². The van der Waals surface area contributed by atoms with Crippen LogP contribution in [-0.4, -0.2) is 10.9 Å². The fourth-order valence-corrected chi connectivity index (χ4v) is 11.7. The molecule has 0 saturated heterocycles. The summed E-state index contributed by atoms with van der Waals surface area (Å²) in [6, 6.07) is 25.5. The third-order valence-corrected chi connectivity index (χ3v) is 15.3. The molecule has 1 N–H and O–H groups in total. The first-order valence-electron chi connectivity index (χ1n) is 19.4. The van der Waals surface area contributed by atoms with E-state index in [4.69, 9.17) is 12.2 Å². The molecule has 4 aromatic rings. The van der Waals surface area contributed by atoms with Crippen LogP contribution < -0.4 is 0 Å². The summed E-state index contributed by atoms with van der Waals surface area (Å²) in [5.74, 6) is 1.50. The Morgan fingerprint density at radius 1 is 0.580 bits per heavy atom. The van der Waals surface area contributed by atoms with Crippen molar-refractivity contribution in [2.75, 3.05) is 5.75 Å². The smallest absolute Gasteiger partial charge is 0.123 e. The van der Waals surface area contributed by atoms with Gasteiger partial charge in [0.2, 0.25) is 0 Å². The third kappa shape index (κ3) is 11.5. The Hall–Kier alpha value is -1.92. The maximum absolute atomic E-state index is 12.1. The number of aromatic hydroxyl groups is 1. The van der Waals surface area contributed by atoms with Gasteiger partial charge in [-0.05, 0) is 41.0 Å². The minimum absolute atomic E-state index is 0.378. The lowest BCUT2D eigenvalue weighted by Gasteiger charge is -2.33. The third-order valence-electron chi connectivity index (χ3n) is 10.6. The Balaban J connectivity index is 1.37. The van der Waals surface area contributed by atoms with E-state index in [-0.39, 0.29) is 0 Å². The number of hydrogen-bond donors (Lipinski definition) is 1. The summed E-state index contributed by atoms with van der Waals surface area (Å²) in [4.78, 5) is 0. The molecule has 1 heterocycles. The molecule has 0 fully saturated rings. The predicted molar refractivity (Wildman–Crippen MR) is 228 cm³/mol. The molecule has 0 aliphatic rings. The second kappa shape index (κ2) is 20.9. The van der Waals surface area contributed by atoms with Crippen molar-refractivity contribution in [1.29, 1.82) is 0 Å². The zero-order valence-electron chi connectivity index (χ0n) is 31.5. The quantitative estimate of drug-likeness (QED) is 0.0353. The highest BCUT2D eigenvalue weighted by atomic mass is 32.9. The largest absolute Gasteiger partial charge is 0.507 e. The van der Waals surface area contributed by atoms with Crippen LogP contribution in [0, 0.1) is 3.82 Å². The van der Waals surface area contributed by atoms with Crippen molar-refractivity contribution in [3.8, 4) is 16.9 Å². The number of phenols is 1. The molecule has 0 saturated carbocycles. The van der Waals surface area contributed by atoms with E-state index in [2.05, 4.69) is 107 Å². The van der Waals surface area contributed by atoms with Crippen molar-refractivity contribution in [3.05, 3.63) is 98.9 Å². The molecule has 0 aliphatic carbocycles. The van der Waals surface area contributed by atoms with Crippen LogP contribution in [0.2, 0.25) is 0 Å². The molecule has 50 heavy (non-hydrogen) atoms. The van der Waals surface area contributed by atoms with Crippen LogP contribution in [-0.2, 0) is 10.8 Å². The van der Waals surface area contributed by atoms with Gasteiger partial charge in [-0.15, -0.1) is 11.8 Å². The van der Waals surface area contributed by atoms with Gasteiger partial charge in [0.05, 0.1) is 4.21 Å². The molecule has 0 aliphatic heterocycles. The van der Waals surface area contributed by atoms with Gasteiger partial charge in [0.15, 0.2) is 0 Å². The fourth-order valence-electron chi connectivity index (χ4n) is 7.14. The summed E-state index contributed by atoms with van der Waals surface area (Å²) >= 11 is 7.99. The first-order valence-corrected chi connectivity index (χ1v) is 23.0. The SMILES string of the molecule is CCCCCCCCCCCCCCCCCCSc1ssc(=S)c1-c1cc(C(C)(C)c2ccccc2)c(O)c(C(C)(C)c2ccccc2)c1. The van der Waals surface area contributed by atoms with Crippen molar-refractivity contribution in [2.24, 2.45) is 0 Å². The highest BCUT2D eigenvalue weighted by Crippen LogP contribution is 2.49. The second-order valence-corrected chi connectivity index (χ2v) is 19.4. The van der Waals surface area contributed by atoms with Gasteiger partial charge < -0.3 is 5.11 Å². The van der Waals surface area contributed by atoms with Gasteiger partial charge in [0.25, 0.3) is 0 Å². The molecule has 0 amide bonds. The molecule has 0 radical (unpaired) electrons. The summed E-state index contributed by atoms with van der Waals surface area (Å²) in [5.41, 5.74) is 5.75. The first-order chi connectivity index (χ1) is 24.2. The summed E-state index contributed by atoms with van der Waals surface area (Å²) in [5, 5.41) is 12.1. The normalized spacial score (nSPS) is 12.1. The molecule has 0 bridgehead atoms. The molecule has 1 aromatic heterocycles. The number of benzene rings is 3. The lowest BCUT2D eigenvalue weighted by molar-refractivity contribution is 0.433. The van der Waals surface area contributed by atoms with E-state index in [0.29, 0.717) is 5.75 Å². The lowest BCUT2D eigenvalue weighted by Crippen LogP contribution is -2.23. The number of unbranched alkanes of at least 4 members (excludes halogenated alkanes) is 15. The topological polar surface area (TPSA) is 20.2 Å². The molecular formula is C45H62OS4. The number of rotatable bonds is 23. The monoisotopic (exact) mass is 746 g/mol. The molecule has 0 spiro atoms. The molecule has 0 unspecified atom stereocenters. The molecule has 3 aromatic carbocycles. The van der Waals surface area contributed by atoms with Gasteiger partial charge in [-0.1, -0.05) is 224 Å². The van der Waals surface area contributed by atoms with E-state index in [0.717, 1.165) is 26.3 Å². The van der Waals surface area contributed by atoms with E-state index >= 15 is 0 Å². The summed E-state index contributed by atoms with van der Waals surface area (Å²) in [6.45, 7) is 11.2. The number of thioether (sulfide) groups is 1. The minimum Gasteiger partial charge on any atom is -0.507 e. The van der Waals surface area contributed by atoms with Crippen molar-refractivity contribution in [1.82, 2.24) is 0 Å². The molecular weight excluding hydrogens is 685 g/mol. The van der Waals surface area contributed by atoms with Crippen LogP contribution in [0.3, 0.4) is 0 Å². The zero-order chi connectivity index (χ0) is 35.8. The Morgan fingerprint density at radius 2 is 0.980 bits per heavy atom. The molecule has 272 valence electrons. The van der Waals surface area contributed by atoms with Crippen LogP contribution >= 0.6 is 44.7 Å². The van der Waals surface area contributed by atoms with Crippen molar-refractivity contribution in [2.45, 2.75) is 152 Å². The minimum atomic E-state index is -0.398.